The first-order chi connectivity index (χ1) is 11.2. The van der Waals surface area contributed by atoms with Gasteiger partial charge in [-0.15, -0.1) is 0 Å². The molecule has 3 nitrogen and oxygen atoms in total. The minimum Gasteiger partial charge on any atom is -0.495 e. The van der Waals surface area contributed by atoms with Crippen LogP contribution in [0.1, 0.15) is 11.3 Å². The highest BCUT2D eigenvalue weighted by molar-refractivity contribution is 9.10. The number of H-pyrrole nitrogens is 1. The highest BCUT2D eigenvalue weighted by Crippen LogP contribution is 2.39. The lowest BCUT2D eigenvalue weighted by Crippen LogP contribution is -1.98. The average Bonchev–Trinajstić information content (AvgIpc) is 3.01. The summed E-state index contributed by atoms with van der Waals surface area (Å²) < 4.78 is 12.3. The maximum atomic E-state index is 5.99. The summed E-state index contributed by atoms with van der Waals surface area (Å²) in [6, 6.07) is 18.2. The predicted octanol–water partition coefficient (Wildman–Crippen LogP) is 5.34. The Morgan fingerprint density at radius 3 is 2.39 bits per heavy atom. The molecule has 118 valence electrons. The largest absolute Gasteiger partial charge is 0.495 e. The smallest absolute Gasteiger partial charge is 0.138 e. The Morgan fingerprint density at radius 1 is 1.00 bits per heavy atom. The summed E-state index contributed by atoms with van der Waals surface area (Å²) in [5.41, 5.74) is 4.31. The van der Waals surface area contributed by atoms with Crippen molar-refractivity contribution >= 4 is 15.9 Å². The third kappa shape index (κ3) is 3.59. The summed E-state index contributed by atoms with van der Waals surface area (Å²) in [6.45, 7) is 2.54. The molecule has 0 saturated carbocycles. The van der Waals surface area contributed by atoms with Crippen molar-refractivity contribution < 1.29 is 9.47 Å². The van der Waals surface area contributed by atoms with Crippen LogP contribution in [-0.2, 0) is 6.61 Å². The zero-order valence-corrected chi connectivity index (χ0v) is 14.7. The van der Waals surface area contributed by atoms with E-state index in [1.807, 2.05) is 55.5 Å². The molecule has 0 aliphatic carbocycles. The van der Waals surface area contributed by atoms with Crippen LogP contribution in [0.5, 0.6) is 11.5 Å². The van der Waals surface area contributed by atoms with Gasteiger partial charge in [0.15, 0.2) is 0 Å². The van der Waals surface area contributed by atoms with E-state index in [2.05, 4.69) is 27.0 Å². The van der Waals surface area contributed by atoms with Gasteiger partial charge in [0, 0.05) is 17.0 Å². The average molecular weight is 372 g/mol. The van der Waals surface area contributed by atoms with Crippen molar-refractivity contribution in [3.63, 3.8) is 0 Å². The van der Waals surface area contributed by atoms with E-state index < -0.39 is 0 Å². The fourth-order valence-electron chi connectivity index (χ4n) is 2.39. The second-order valence-corrected chi connectivity index (χ2v) is 6.11. The van der Waals surface area contributed by atoms with Crippen LogP contribution in [0.4, 0.5) is 0 Å². The van der Waals surface area contributed by atoms with Crippen molar-refractivity contribution in [1.29, 1.82) is 0 Å². The topological polar surface area (TPSA) is 34.2 Å². The van der Waals surface area contributed by atoms with E-state index >= 15 is 0 Å². The summed E-state index contributed by atoms with van der Waals surface area (Å²) in [5, 5.41) is 0. The summed E-state index contributed by atoms with van der Waals surface area (Å²) >= 11 is 3.57. The molecule has 0 aliphatic heterocycles. The maximum absolute atomic E-state index is 5.99. The van der Waals surface area contributed by atoms with Crippen molar-refractivity contribution in [2.24, 2.45) is 0 Å². The van der Waals surface area contributed by atoms with Crippen LogP contribution in [-0.4, -0.2) is 12.1 Å². The van der Waals surface area contributed by atoms with Crippen LogP contribution in [0, 0.1) is 6.92 Å². The molecule has 2 aromatic carbocycles. The zero-order chi connectivity index (χ0) is 16.2. The highest BCUT2D eigenvalue weighted by atomic mass is 79.9. The number of aromatic amines is 1. The number of aromatic nitrogens is 1. The van der Waals surface area contributed by atoms with E-state index in [4.69, 9.17) is 9.47 Å². The molecule has 3 rings (SSSR count). The number of nitrogens with one attached hydrogen (secondary N) is 1. The van der Waals surface area contributed by atoms with Gasteiger partial charge in [-0.2, -0.15) is 0 Å². The van der Waals surface area contributed by atoms with Gasteiger partial charge in [0.25, 0.3) is 0 Å². The molecule has 0 spiro atoms. The van der Waals surface area contributed by atoms with Gasteiger partial charge >= 0.3 is 0 Å². The second-order valence-electron chi connectivity index (χ2n) is 5.32. The Balaban J connectivity index is 1.92. The Morgan fingerprint density at radius 2 is 1.74 bits per heavy atom. The van der Waals surface area contributed by atoms with E-state index in [9.17, 15) is 0 Å². The summed E-state index contributed by atoms with van der Waals surface area (Å²) in [7, 11) is 1.66. The van der Waals surface area contributed by atoms with E-state index in [0.29, 0.717) is 6.61 Å². The molecule has 0 unspecified atom stereocenters. The maximum Gasteiger partial charge on any atom is 0.138 e. The Hall–Kier alpha value is -2.20. The van der Waals surface area contributed by atoms with Gasteiger partial charge in [0.2, 0.25) is 0 Å². The van der Waals surface area contributed by atoms with E-state index in [-0.39, 0.29) is 0 Å². The molecule has 0 bridgehead atoms. The molecular weight excluding hydrogens is 354 g/mol. The minimum atomic E-state index is 0.510. The number of halogens is 1. The van der Waals surface area contributed by atoms with Gasteiger partial charge in [-0.1, -0.05) is 30.3 Å². The highest BCUT2D eigenvalue weighted by Gasteiger charge is 2.13. The monoisotopic (exact) mass is 371 g/mol. The molecule has 0 saturated heterocycles. The van der Waals surface area contributed by atoms with Crippen molar-refractivity contribution in [2.75, 3.05) is 7.11 Å². The van der Waals surface area contributed by atoms with Crippen molar-refractivity contribution in [1.82, 2.24) is 4.98 Å². The quantitative estimate of drug-likeness (QED) is 0.656. The number of methoxy groups -OCH3 is 1. The molecule has 0 atom stereocenters. The Kier molecular flexibility index (Phi) is 4.72. The van der Waals surface area contributed by atoms with Crippen LogP contribution in [0.3, 0.4) is 0 Å². The van der Waals surface area contributed by atoms with E-state index in [1.54, 1.807) is 7.11 Å². The number of hydrogen-bond acceptors (Lipinski definition) is 2. The lowest BCUT2D eigenvalue weighted by Gasteiger charge is -2.13. The summed E-state index contributed by atoms with van der Waals surface area (Å²) in [4.78, 5) is 3.34. The van der Waals surface area contributed by atoms with Crippen molar-refractivity contribution in [2.45, 2.75) is 13.5 Å². The zero-order valence-electron chi connectivity index (χ0n) is 13.1. The molecule has 0 aliphatic rings. The molecule has 0 radical (unpaired) electrons. The van der Waals surface area contributed by atoms with Gasteiger partial charge in [0.05, 0.1) is 7.11 Å². The molecule has 0 fully saturated rings. The number of ether oxygens (including phenoxy) is 2. The fourth-order valence-corrected chi connectivity index (χ4v) is 2.89. The van der Waals surface area contributed by atoms with Gasteiger partial charge in [-0.25, -0.2) is 0 Å². The number of aryl methyl sites for hydroxylation is 1. The number of rotatable bonds is 5. The van der Waals surface area contributed by atoms with Crippen molar-refractivity contribution in [3.8, 4) is 22.8 Å². The summed E-state index contributed by atoms with van der Waals surface area (Å²) in [5.74, 6) is 1.51. The molecule has 0 amide bonds. The van der Waals surface area contributed by atoms with Crippen LogP contribution in [0.15, 0.2) is 59.1 Å². The first-order valence-electron chi connectivity index (χ1n) is 7.37. The van der Waals surface area contributed by atoms with Crippen LogP contribution < -0.4 is 9.47 Å². The third-order valence-corrected chi connectivity index (χ3v) is 4.39. The molecule has 23 heavy (non-hydrogen) atoms. The van der Waals surface area contributed by atoms with Crippen LogP contribution in [0.2, 0.25) is 0 Å². The first kappa shape index (κ1) is 15.7. The molecule has 1 heterocycles. The molecule has 4 heteroatoms. The fraction of sp³-hybridized carbons (Fsp3) is 0.158. The number of benzene rings is 2. The Labute approximate surface area is 144 Å². The van der Waals surface area contributed by atoms with E-state index in [1.165, 1.54) is 0 Å². The molecule has 3 aromatic rings. The standard InChI is InChI=1S/C19H18BrNO2/c1-13-8-9-16(21-13)15-10-17(22-2)19(20)18(11-15)23-12-14-6-4-3-5-7-14/h3-11,21H,12H2,1-2H3. The molecular formula is C19H18BrNO2. The summed E-state index contributed by atoms with van der Waals surface area (Å²) in [6.07, 6.45) is 0. The SMILES string of the molecule is COc1cc(-c2ccc(C)[nH]2)cc(OCc2ccccc2)c1Br. The predicted molar refractivity (Wildman–Crippen MR) is 96.0 cm³/mol. The van der Waals surface area contributed by atoms with Crippen LogP contribution in [0.25, 0.3) is 11.3 Å². The van der Waals surface area contributed by atoms with Gasteiger partial charge in [-0.3, -0.25) is 0 Å². The van der Waals surface area contributed by atoms with Gasteiger partial charge in [0.1, 0.15) is 22.6 Å². The molecule has 1 aromatic heterocycles. The molecule has 1 N–H and O–H groups in total. The lowest BCUT2D eigenvalue weighted by atomic mass is 10.1. The van der Waals surface area contributed by atoms with Crippen LogP contribution >= 0.6 is 15.9 Å². The number of hydrogen-bond donors (Lipinski definition) is 1. The van der Waals surface area contributed by atoms with E-state index in [0.717, 1.165) is 38.5 Å². The lowest BCUT2D eigenvalue weighted by molar-refractivity contribution is 0.301. The third-order valence-electron chi connectivity index (χ3n) is 3.61. The van der Waals surface area contributed by atoms with Crippen molar-refractivity contribution in [3.05, 3.63) is 70.3 Å². The minimum absolute atomic E-state index is 0.510. The second kappa shape index (κ2) is 6.92. The Bertz CT molecular complexity index is 796. The normalized spacial score (nSPS) is 10.6. The van der Waals surface area contributed by atoms with Gasteiger partial charge in [-0.05, 0) is 52.7 Å². The van der Waals surface area contributed by atoms with Gasteiger partial charge < -0.3 is 14.5 Å². The first-order valence-corrected chi connectivity index (χ1v) is 8.17.